The maximum absolute atomic E-state index is 13.6. The van der Waals surface area contributed by atoms with Gasteiger partial charge in [-0.15, -0.1) is 0 Å². The summed E-state index contributed by atoms with van der Waals surface area (Å²) < 4.78 is 18.6. The number of esters is 1. The number of ether oxygens (including phenoxy) is 1. The predicted molar refractivity (Wildman–Crippen MR) is 101 cm³/mol. The Morgan fingerprint density at radius 1 is 1.00 bits per heavy atom. The van der Waals surface area contributed by atoms with E-state index in [4.69, 9.17) is 4.74 Å². The number of piperazine rings is 1. The lowest BCUT2D eigenvalue weighted by Crippen LogP contribution is -2.50. The zero-order valence-electron chi connectivity index (χ0n) is 15.6. The molecule has 5 nitrogen and oxygen atoms in total. The lowest BCUT2D eigenvalue weighted by atomic mass is 10.1. The normalized spacial score (nSPS) is 14.2. The van der Waals surface area contributed by atoms with Gasteiger partial charge in [0.2, 0.25) is 0 Å². The van der Waals surface area contributed by atoms with Gasteiger partial charge in [-0.1, -0.05) is 24.3 Å². The van der Waals surface area contributed by atoms with Crippen LogP contribution in [0.5, 0.6) is 0 Å². The summed E-state index contributed by atoms with van der Waals surface area (Å²) >= 11 is 0. The first-order valence-electron chi connectivity index (χ1n) is 8.98. The molecule has 0 N–H and O–H groups in total. The van der Waals surface area contributed by atoms with E-state index in [9.17, 15) is 14.0 Å². The van der Waals surface area contributed by atoms with Crippen molar-refractivity contribution in [3.63, 3.8) is 0 Å². The van der Waals surface area contributed by atoms with Crippen LogP contribution in [-0.2, 0) is 9.53 Å². The highest BCUT2D eigenvalue weighted by atomic mass is 19.1. The molecular weight excluding hydrogens is 347 g/mol. The van der Waals surface area contributed by atoms with Crippen molar-refractivity contribution in [2.24, 2.45) is 0 Å². The van der Waals surface area contributed by atoms with E-state index >= 15 is 0 Å². The van der Waals surface area contributed by atoms with Gasteiger partial charge in [0, 0.05) is 31.9 Å². The first-order valence-corrected chi connectivity index (χ1v) is 8.98. The van der Waals surface area contributed by atoms with Crippen molar-refractivity contribution < 1.29 is 18.7 Å². The van der Waals surface area contributed by atoms with Gasteiger partial charge in [-0.25, -0.2) is 9.18 Å². The van der Waals surface area contributed by atoms with Crippen LogP contribution in [0.4, 0.5) is 10.1 Å². The summed E-state index contributed by atoms with van der Waals surface area (Å²) in [7, 11) is 0. The summed E-state index contributed by atoms with van der Waals surface area (Å²) in [5.74, 6) is -1.74. The Balaban J connectivity index is 1.52. The second-order valence-corrected chi connectivity index (χ2v) is 6.64. The lowest BCUT2D eigenvalue weighted by molar-refractivity contribution is -0.134. The fourth-order valence-corrected chi connectivity index (χ4v) is 3.20. The van der Waals surface area contributed by atoms with Gasteiger partial charge in [-0.05, 0) is 43.2 Å². The molecular formula is C21H23FN2O3. The second-order valence-electron chi connectivity index (χ2n) is 6.64. The van der Waals surface area contributed by atoms with Gasteiger partial charge >= 0.3 is 5.97 Å². The van der Waals surface area contributed by atoms with E-state index in [0.717, 1.165) is 13.1 Å². The summed E-state index contributed by atoms with van der Waals surface area (Å²) in [6, 6.07) is 11.8. The van der Waals surface area contributed by atoms with Crippen LogP contribution in [0.25, 0.3) is 0 Å². The quantitative estimate of drug-likeness (QED) is 0.777. The fraction of sp³-hybridized carbons (Fsp3) is 0.333. The molecule has 2 aromatic carbocycles. The third kappa shape index (κ3) is 4.27. The van der Waals surface area contributed by atoms with E-state index < -0.39 is 11.8 Å². The molecule has 0 atom stereocenters. The molecule has 1 fully saturated rings. The number of carbonyl (C=O) groups excluding carboxylic acids is 2. The maximum Gasteiger partial charge on any atom is 0.341 e. The highest BCUT2D eigenvalue weighted by Crippen LogP contribution is 2.23. The lowest BCUT2D eigenvalue weighted by Gasteiger charge is -2.37. The Bertz CT molecular complexity index is 845. The van der Waals surface area contributed by atoms with E-state index in [-0.39, 0.29) is 18.1 Å². The Morgan fingerprint density at radius 2 is 1.70 bits per heavy atom. The van der Waals surface area contributed by atoms with Crippen molar-refractivity contribution >= 4 is 17.6 Å². The van der Waals surface area contributed by atoms with Crippen molar-refractivity contribution in [3.05, 3.63) is 65.0 Å². The molecule has 0 aliphatic carbocycles. The summed E-state index contributed by atoms with van der Waals surface area (Å²) in [6.45, 7) is 6.37. The number of nitrogens with zero attached hydrogens (tertiary/aromatic N) is 2. The molecule has 6 heteroatoms. The number of rotatable bonds is 4. The molecule has 0 saturated carbocycles. The Kier molecular flexibility index (Phi) is 5.74. The summed E-state index contributed by atoms with van der Waals surface area (Å²) in [5, 5.41) is 0. The number of hydrogen-bond acceptors (Lipinski definition) is 4. The Hall–Kier alpha value is -2.89. The molecule has 0 spiro atoms. The Labute approximate surface area is 158 Å². The van der Waals surface area contributed by atoms with Crippen LogP contribution in [-0.4, -0.2) is 49.6 Å². The molecule has 0 bridgehead atoms. The van der Waals surface area contributed by atoms with E-state index in [1.807, 2.05) is 6.07 Å². The first-order chi connectivity index (χ1) is 13.0. The van der Waals surface area contributed by atoms with Gasteiger partial charge in [-0.2, -0.15) is 0 Å². The van der Waals surface area contributed by atoms with Crippen molar-refractivity contribution in [3.8, 4) is 0 Å². The fourth-order valence-electron chi connectivity index (χ4n) is 3.20. The number of carbonyl (C=O) groups is 2. The molecule has 27 heavy (non-hydrogen) atoms. The van der Waals surface area contributed by atoms with Crippen LogP contribution in [0.2, 0.25) is 0 Å². The van der Waals surface area contributed by atoms with E-state index in [1.165, 1.54) is 35.0 Å². The predicted octanol–water partition coefficient (Wildman–Crippen LogP) is 2.95. The third-order valence-corrected chi connectivity index (χ3v) is 4.97. The van der Waals surface area contributed by atoms with Crippen LogP contribution in [0, 0.1) is 19.7 Å². The SMILES string of the molecule is Cc1cccc(N2CCN(C(=O)COC(=O)c3ccccc3F)CC2)c1C. The molecule has 1 saturated heterocycles. The summed E-state index contributed by atoms with van der Waals surface area (Å²) in [5.41, 5.74) is 3.51. The number of aryl methyl sites for hydroxylation is 1. The average molecular weight is 370 g/mol. The molecule has 1 aliphatic heterocycles. The number of hydrogen-bond donors (Lipinski definition) is 0. The van der Waals surface area contributed by atoms with Crippen molar-refractivity contribution in [2.75, 3.05) is 37.7 Å². The van der Waals surface area contributed by atoms with Gasteiger partial charge in [0.15, 0.2) is 6.61 Å². The van der Waals surface area contributed by atoms with Crippen LogP contribution >= 0.6 is 0 Å². The third-order valence-electron chi connectivity index (χ3n) is 4.97. The van der Waals surface area contributed by atoms with Crippen molar-refractivity contribution in [2.45, 2.75) is 13.8 Å². The van der Waals surface area contributed by atoms with Crippen LogP contribution < -0.4 is 4.90 Å². The largest absolute Gasteiger partial charge is 0.452 e. The molecule has 0 radical (unpaired) electrons. The van der Waals surface area contributed by atoms with E-state index in [1.54, 1.807) is 11.0 Å². The minimum Gasteiger partial charge on any atom is -0.452 e. The highest BCUT2D eigenvalue weighted by molar-refractivity contribution is 5.91. The molecule has 3 rings (SSSR count). The van der Waals surface area contributed by atoms with E-state index in [2.05, 4.69) is 30.9 Å². The van der Waals surface area contributed by atoms with Crippen molar-refractivity contribution in [1.82, 2.24) is 4.90 Å². The van der Waals surface area contributed by atoms with Gasteiger partial charge in [0.25, 0.3) is 5.91 Å². The molecule has 1 amide bonds. The van der Waals surface area contributed by atoms with Crippen LogP contribution in [0.15, 0.2) is 42.5 Å². The molecule has 0 unspecified atom stereocenters. The molecule has 0 aromatic heterocycles. The average Bonchev–Trinajstić information content (AvgIpc) is 2.68. The molecule has 2 aromatic rings. The monoisotopic (exact) mass is 370 g/mol. The minimum atomic E-state index is -0.824. The summed E-state index contributed by atoms with van der Waals surface area (Å²) in [6.07, 6.45) is 0. The number of benzene rings is 2. The molecule has 1 aliphatic rings. The summed E-state index contributed by atoms with van der Waals surface area (Å²) in [4.78, 5) is 28.2. The highest BCUT2D eigenvalue weighted by Gasteiger charge is 2.23. The zero-order valence-corrected chi connectivity index (χ0v) is 15.6. The standard InChI is InChI=1S/C21H23FN2O3/c1-15-6-5-9-19(16(15)2)23-10-12-24(13-11-23)20(25)14-27-21(26)17-7-3-4-8-18(17)22/h3-9H,10-14H2,1-2H3. The zero-order chi connectivity index (χ0) is 19.4. The van der Waals surface area contributed by atoms with Gasteiger partial charge < -0.3 is 14.5 Å². The van der Waals surface area contributed by atoms with Crippen LogP contribution in [0.3, 0.4) is 0 Å². The second kappa shape index (κ2) is 8.20. The smallest absolute Gasteiger partial charge is 0.341 e. The number of halogens is 1. The van der Waals surface area contributed by atoms with Gasteiger partial charge in [0.05, 0.1) is 5.56 Å². The topological polar surface area (TPSA) is 49.9 Å². The number of anilines is 1. The minimum absolute atomic E-state index is 0.162. The Morgan fingerprint density at radius 3 is 2.41 bits per heavy atom. The van der Waals surface area contributed by atoms with E-state index in [0.29, 0.717) is 13.1 Å². The molecule has 142 valence electrons. The van der Waals surface area contributed by atoms with Gasteiger partial charge in [-0.3, -0.25) is 4.79 Å². The first kappa shape index (κ1) is 18.9. The maximum atomic E-state index is 13.6. The molecule has 1 heterocycles. The van der Waals surface area contributed by atoms with Gasteiger partial charge in [0.1, 0.15) is 5.82 Å². The van der Waals surface area contributed by atoms with Crippen LogP contribution in [0.1, 0.15) is 21.5 Å². The van der Waals surface area contributed by atoms with Crippen molar-refractivity contribution in [1.29, 1.82) is 0 Å². The number of amides is 1.